The molecule has 3 N–H and O–H groups in total. The molecule has 0 amide bonds. The third kappa shape index (κ3) is 3.93. The van der Waals surface area contributed by atoms with Crippen LogP contribution < -0.4 is 5.32 Å². The van der Waals surface area contributed by atoms with Gasteiger partial charge in [-0.25, -0.2) is 0 Å². The predicted octanol–water partition coefficient (Wildman–Crippen LogP) is 3.91. The van der Waals surface area contributed by atoms with Gasteiger partial charge in [-0.2, -0.15) is 0 Å². The van der Waals surface area contributed by atoms with Gasteiger partial charge in [-0.1, -0.05) is 0 Å². The first-order valence-corrected chi connectivity index (χ1v) is 8.00. The van der Waals surface area contributed by atoms with Gasteiger partial charge < -0.3 is 15.5 Å². The molecule has 0 heterocycles. The summed E-state index contributed by atoms with van der Waals surface area (Å²) in [6, 6.07) is 14.1. The van der Waals surface area contributed by atoms with Crippen LogP contribution in [0.4, 0.5) is 11.4 Å². The summed E-state index contributed by atoms with van der Waals surface area (Å²) in [4.78, 5) is 9.12. The van der Waals surface area contributed by atoms with Gasteiger partial charge in [0.1, 0.15) is 11.5 Å². The monoisotopic (exact) mass is 323 g/mol. The number of nitrogens with one attached hydrogen (secondary N) is 1. The van der Waals surface area contributed by atoms with Crippen LogP contribution in [0.5, 0.6) is 11.5 Å². The fraction of sp³-hybridized carbons (Fsp3) is 0.263. The number of hydrogen-bond donors (Lipinski definition) is 3. The molecule has 3 rings (SSSR count). The maximum atomic E-state index is 9.40. The Labute approximate surface area is 141 Å². The van der Waals surface area contributed by atoms with Crippen LogP contribution in [0.2, 0.25) is 0 Å². The number of nitrogens with zero attached hydrogens (tertiary/aromatic N) is 2. The van der Waals surface area contributed by atoms with Crippen molar-refractivity contribution < 1.29 is 10.2 Å². The summed E-state index contributed by atoms with van der Waals surface area (Å²) in [5.41, 5.74) is 4.05. The SMILES string of the molecule is CN=C1CCC(=Nc2ccc(O)cc2)CC1Nc1ccc(O)cc1. The van der Waals surface area contributed by atoms with Gasteiger partial charge in [-0.05, 0) is 61.4 Å². The van der Waals surface area contributed by atoms with E-state index in [0.29, 0.717) is 0 Å². The summed E-state index contributed by atoms with van der Waals surface area (Å²) in [5, 5.41) is 22.2. The summed E-state index contributed by atoms with van der Waals surface area (Å²) in [5.74, 6) is 0.498. The number of rotatable bonds is 3. The topological polar surface area (TPSA) is 77.2 Å². The normalized spacial score (nSPS) is 21.1. The lowest BCUT2D eigenvalue weighted by Gasteiger charge is -2.27. The molecule has 5 heteroatoms. The summed E-state index contributed by atoms with van der Waals surface area (Å²) in [6.07, 6.45) is 2.55. The maximum Gasteiger partial charge on any atom is 0.115 e. The highest BCUT2D eigenvalue weighted by Crippen LogP contribution is 2.24. The van der Waals surface area contributed by atoms with E-state index in [9.17, 15) is 10.2 Å². The second-order valence-corrected chi connectivity index (χ2v) is 5.86. The van der Waals surface area contributed by atoms with E-state index in [2.05, 4.69) is 10.3 Å². The zero-order chi connectivity index (χ0) is 16.9. The smallest absolute Gasteiger partial charge is 0.115 e. The van der Waals surface area contributed by atoms with Crippen LogP contribution in [0.3, 0.4) is 0 Å². The quantitative estimate of drug-likeness (QED) is 0.750. The lowest BCUT2D eigenvalue weighted by Crippen LogP contribution is -2.36. The molecular formula is C19H21N3O2. The third-order valence-corrected chi connectivity index (χ3v) is 4.14. The Morgan fingerprint density at radius 1 is 0.917 bits per heavy atom. The van der Waals surface area contributed by atoms with Gasteiger partial charge >= 0.3 is 0 Å². The van der Waals surface area contributed by atoms with Crippen molar-refractivity contribution >= 4 is 22.8 Å². The molecule has 24 heavy (non-hydrogen) atoms. The molecular weight excluding hydrogens is 302 g/mol. The molecule has 0 spiro atoms. The number of benzene rings is 2. The molecule has 1 unspecified atom stereocenters. The van der Waals surface area contributed by atoms with Crippen molar-refractivity contribution in [1.29, 1.82) is 0 Å². The van der Waals surface area contributed by atoms with Gasteiger partial charge in [-0.15, -0.1) is 0 Å². The fourth-order valence-corrected chi connectivity index (χ4v) is 2.87. The van der Waals surface area contributed by atoms with Crippen LogP contribution in [0.15, 0.2) is 58.5 Å². The molecule has 1 aliphatic carbocycles. The van der Waals surface area contributed by atoms with Crippen molar-refractivity contribution in [2.75, 3.05) is 12.4 Å². The van der Waals surface area contributed by atoms with E-state index in [0.717, 1.165) is 42.1 Å². The highest BCUT2D eigenvalue weighted by atomic mass is 16.3. The fourth-order valence-electron chi connectivity index (χ4n) is 2.87. The molecule has 2 aromatic rings. The van der Waals surface area contributed by atoms with Crippen molar-refractivity contribution in [3.63, 3.8) is 0 Å². The van der Waals surface area contributed by atoms with Gasteiger partial charge in [0.15, 0.2) is 0 Å². The third-order valence-electron chi connectivity index (χ3n) is 4.14. The number of anilines is 1. The molecule has 0 aliphatic heterocycles. The Hall–Kier alpha value is -2.82. The second kappa shape index (κ2) is 7.17. The molecule has 5 nitrogen and oxygen atoms in total. The second-order valence-electron chi connectivity index (χ2n) is 5.86. The van der Waals surface area contributed by atoms with Crippen LogP contribution in [-0.2, 0) is 0 Å². The molecule has 124 valence electrons. The first kappa shape index (κ1) is 16.1. The minimum atomic E-state index is 0.101. The minimum Gasteiger partial charge on any atom is -0.508 e. The van der Waals surface area contributed by atoms with Crippen molar-refractivity contribution in [3.8, 4) is 11.5 Å². The first-order chi connectivity index (χ1) is 11.6. The van der Waals surface area contributed by atoms with E-state index in [1.54, 1.807) is 24.3 Å². The molecule has 2 aromatic carbocycles. The van der Waals surface area contributed by atoms with Crippen LogP contribution in [0, 0.1) is 0 Å². The predicted molar refractivity (Wildman–Crippen MR) is 97.9 cm³/mol. The van der Waals surface area contributed by atoms with Crippen LogP contribution in [-0.4, -0.2) is 34.7 Å². The molecule has 0 aromatic heterocycles. The lowest BCUT2D eigenvalue weighted by molar-refractivity contribution is 0.475. The van der Waals surface area contributed by atoms with Gasteiger partial charge in [0.25, 0.3) is 0 Å². The van der Waals surface area contributed by atoms with Crippen LogP contribution in [0.1, 0.15) is 19.3 Å². The van der Waals surface area contributed by atoms with E-state index >= 15 is 0 Å². The summed E-state index contributed by atoms with van der Waals surface area (Å²) < 4.78 is 0. The molecule has 1 fully saturated rings. The average molecular weight is 323 g/mol. The summed E-state index contributed by atoms with van der Waals surface area (Å²) >= 11 is 0. The van der Waals surface area contributed by atoms with E-state index in [4.69, 9.17) is 4.99 Å². The number of hydrogen-bond acceptors (Lipinski definition) is 5. The molecule has 1 saturated carbocycles. The first-order valence-electron chi connectivity index (χ1n) is 8.00. The van der Waals surface area contributed by atoms with E-state index in [-0.39, 0.29) is 17.5 Å². The molecule has 1 aliphatic rings. The lowest BCUT2D eigenvalue weighted by atomic mass is 9.91. The highest BCUT2D eigenvalue weighted by Gasteiger charge is 2.23. The zero-order valence-corrected chi connectivity index (χ0v) is 13.6. The van der Waals surface area contributed by atoms with Gasteiger partial charge in [0.2, 0.25) is 0 Å². The Bertz CT molecular complexity index is 749. The number of aliphatic imine (C=N–C) groups is 2. The Kier molecular flexibility index (Phi) is 4.79. The van der Waals surface area contributed by atoms with E-state index in [1.165, 1.54) is 0 Å². The van der Waals surface area contributed by atoms with Crippen LogP contribution >= 0.6 is 0 Å². The van der Waals surface area contributed by atoms with Gasteiger partial charge in [0, 0.05) is 30.6 Å². The maximum absolute atomic E-state index is 9.40. The number of aromatic hydroxyl groups is 2. The Morgan fingerprint density at radius 3 is 2.17 bits per heavy atom. The van der Waals surface area contributed by atoms with Crippen molar-refractivity contribution in [1.82, 2.24) is 0 Å². The Morgan fingerprint density at radius 2 is 1.54 bits per heavy atom. The zero-order valence-electron chi connectivity index (χ0n) is 13.6. The Balaban J connectivity index is 1.76. The van der Waals surface area contributed by atoms with Gasteiger partial charge in [0.05, 0.1) is 11.7 Å². The number of phenols is 2. The average Bonchev–Trinajstić information content (AvgIpc) is 2.59. The van der Waals surface area contributed by atoms with Crippen molar-refractivity contribution in [2.24, 2.45) is 9.98 Å². The van der Waals surface area contributed by atoms with Gasteiger partial charge in [-0.3, -0.25) is 9.98 Å². The molecule has 1 atom stereocenters. The summed E-state index contributed by atoms with van der Waals surface area (Å²) in [6.45, 7) is 0. The molecule has 0 radical (unpaired) electrons. The summed E-state index contributed by atoms with van der Waals surface area (Å²) in [7, 11) is 1.82. The van der Waals surface area contributed by atoms with Crippen LogP contribution in [0.25, 0.3) is 0 Å². The standard InChI is InChI=1S/C19H21N3O2/c1-20-18-11-6-15(21-13-2-7-16(23)8-3-13)12-19(18)22-14-4-9-17(24)10-5-14/h2-5,7-10,19,22-24H,6,11-12H2,1H3. The van der Waals surface area contributed by atoms with Crippen molar-refractivity contribution in [3.05, 3.63) is 48.5 Å². The van der Waals surface area contributed by atoms with E-state index in [1.807, 2.05) is 31.3 Å². The number of phenolic OH excluding ortho intramolecular Hbond substituents is 2. The molecule has 0 saturated heterocycles. The van der Waals surface area contributed by atoms with Crippen molar-refractivity contribution in [2.45, 2.75) is 25.3 Å². The highest BCUT2D eigenvalue weighted by molar-refractivity contribution is 6.03. The molecule has 0 bridgehead atoms. The largest absolute Gasteiger partial charge is 0.508 e. The minimum absolute atomic E-state index is 0.101. The van der Waals surface area contributed by atoms with E-state index < -0.39 is 0 Å².